The highest BCUT2D eigenvalue weighted by Gasteiger charge is 2.33. The molecule has 4 rings (SSSR count). The van der Waals surface area contributed by atoms with Gasteiger partial charge in [0.05, 0.1) is 19.7 Å². The lowest BCUT2D eigenvalue weighted by atomic mass is 10.0. The first kappa shape index (κ1) is 24.7. The molecule has 6 nitrogen and oxygen atoms in total. The first-order valence-electron chi connectivity index (χ1n) is 12.4. The number of aryl methyl sites for hydroxylation is 2. The van der Waals surface area contributed by atoms with Crippen LogP contribution in [0.4, 0.5) is 5.69 Å². The van der Waals surface area contributed by atoms with Gasteiger partial charge in [-0.1, -0.05) is 55.0 Å². The summed E-state index contributed by atoms with van der Waals surface area (Å²) in [6.45, 7) is 7.08. The number of methoxy groups -OCH3 is 1. The third kappa shape index (κ3) is 5.33. The molecule has 2 atom stereocenters. The summed E-state index contributed by atoms with van der Waals surface area (Å²) in [5.41, 5.74) is 4.12. The van der Waals surface area contributed by atoms with Crippen molar-refractivity contribution in [2.24, 2.45) is 0 Å². The first-order valence-corrected chi connectivity index (χ1v) is 12.4. The standard InChI is InChI=1S/C29H35N3O3/c1-5-16-30-20(3)28(33)31-25-14-11-21-8-6-7-9-26(21)32(29(25)34)18-24-23-13-10-19(2)17-22(23)12-15-27(24)35-4/h6-10,12-13,15,17,20,25,30H,5,11,14,16,18H2,1-4H3,(H,31,33). The second-order valence-electron chi connectivity index (χ2n) is 9.30. The fourth-order valence-electron chi connectivity index (χ4n) is 4.77. The molecule has 0 saturated carbocycles. The van der Waals surface area contributed by atoms with E-state index >= 15 is 0 Å². The van der Waals surface area contributed by atoms with E-state index in [1.54, 1.807) is 7.11 Å². The van der Waals surface area contributed by atoms with Crippen LogP contribution in [0.1, 0.15) is 43.4 Å². The van der Waals surface area contributed by atoms with E-state index in [4.69, 9.17) is 4.74 Å². The minimum atomic E-state index is -0.594. The molecule has 35 heavy (non-hydrogen) atoms. The van der Waals surface area contributed by atoms with Gasteiger partial charge in [-0.25, -0.2) is 0 Å². The minimum absolute atomic E-state index is 0.0999. The summed E-state index contributed by atoms with van der Waals surface area (Å²) in [5.74, 6) is 0.493. The number of nitrogens with one attached hydrogen (secondary N) is 2. The molecule has 1 heterocycles. The number of rotatable bonds is 8. The molecule has 2 unspecified atom stereocenters. The normalized spacial score (nSPS) is 16.5. The molecule has 0 spiro atoms. The van der Waals surface area contributed by atoms with Gasteiger partial charge in [0.2, 0.25) is 11.8 Å². The number of nitrogens with zero attached hydrogens (tertiary/aromatic N) is 1. The van der Waals surface area contributed by atoms with Gasteiger partial charge in [-0.3, -0.25) is 9.59 Å². The largest absolute Gasteiger partial charge is 0.496 e. The molecular formula is C29H35N3O3. The number of carbonyl (C=O) groups is 2. The average Bonchev–Trinajstić information content (AvgIpc) is 2.99. The summed E-state index contributed by atoms with van der Waals surface area (Å²) in [6, 6.07) is 17.4. The molecular weight excluding hydrogens is 438 g/mol. The zero-order valence-corrected chi connectivity index (χ0v) is 21.1. The third-order valence-electron chi connectivity index (χ3n) is 6.74. The molecule has 6 heteroatoms. The third-order valence-corrected chi connectivity index (χ3v) is 6.74. The number of amides is 2. The summed E-state index contributed by atoms with van der Waals surface area (Å²) in [4.78, 5) is 28.6. The second kappa shape index (κ2) is 10.9. The predicted molar refractivity (Wildman–Crippen MR) is 141 cm³/mol. The molecule has 0 saturated heterocycles. The van der Waals surface area contributed by atoms with Crippen molar-refractivity contribution in [1.82, 2.24) is 10.6 Å². The Morgan fingerprint density at radius 1 is 1.17 bits per heavy atom. The molecule has 1 aliphatic heterocycles. The Labute approximate surface area is 207 Å². The fraction of sp³-hybridized carbons (Fsp3) is 0.379. The van der Waals surface area contributed by atoms with Crippen molar-refractivity contribution in [2.45, 2.75) is 58.7 Å². The Morgan fingerprint density at radius 3 is 2.74 bits per heavy atom. The number of anilines is 1. The van der Waals surface area contributed by atoms with E-state index in [2.05, 4.69) is 54.8 Å². The van der Waals surface area contributed by atoms with Crippen molar-refractivity contribution < 1.29 is 14.3 Å². The van der Waals surface area contributed by atoms with Crippen LogP contribution in [0.15, 0.2) is 54.6 Å². The number of para-hydroxylation sites is 1. The van der Waals surface area contributed by atoms with Crippen LogP contribution in [-0.2, 0) is 22.6 Å². The Kier molecular flexibility index (Phi) is 7.71. The molecule has 0 aromatic heterocycles. The molecule has 2 N–H and O–H groups in total. The van der Waals surface area contributed by atoms with Gasteiger partial charge in [-0.15, -0.1) is 0 Å². The number of carbonyl (C=O) groups excluding carboxylic acids is 2. The van der Waals surface area contributed by atoms with Crippen LogP contribution >= 0.6 is 0 Å². The van der Waals surface area contributed by atoms with Crippen LogP contribution in [0.2, 0.25) is 0 Å². The molecule has 0 radical (unpaired) electrons. The highest BCUT2D eigenvalue weighted by atomic mass is 16.5. The summed E-state index contributed by atoms with van der Waals surface area (Å²) < 4.78 is 5.72. The van der Waals surface area contributed by atoms with Gasteiger partial charge in [0.25, 0.3) is 0 Å². The van der Waals surface area contributed by atoms with Gasteiger partial charge in [0.1, 0.15) is 11.8 Å². The molecule has 2 amide bonds. The Balaban J connectivity index is 1.71. The number of benzene rings is 3. The van der Waals surface area contributed by atoms with Crippen molar-refractivity contribution in [3.63, 3.8) is 0 Å². The lowest BCUT2D eigenvalue weighted by Gasteiger charge is -2.28. The Hall–Kier alpha value is -3.38. The molecule has 3 aromatic rings. The summed E-state index contributed by atoms with van der Waals surface area (Å²) >= 11 is 0. The molecule has 0 fully saturated rings. The molecule has 1 aliphatic rings. The fourth-order valence-corrected chi connectivity index (χ4v) is 4.77. The van der Waals surface area contributed by atoms with Crippen LogP contribution in [0.25, 0.3) is 10.8 Å². The first-order chi connectivity index (χ1) is 16.9. The van der Waals surface area contributed by atoms with Crippen LogP contribution in [0.5, 0.6) is 5.75 Å². The van der Waals surface area contributed by atoms with Crippen molar-refractivity contribution in [1.29, 1.82) is 0 Å². The molecule has 184 valence electrons. The van der Waals surface area contributed by atoms with Gasteiger partial charge in [-0.2, -0.15) is 0 Å². The lowest BCUT2D eigenvalue weighted by Crippen LogP contribution is -2.52. The topological polar surface area (TPSA) is 70.7 Å². The van der Waals surface area contributed by atoms with Crippen LogP contribution in [0.3, 0.4) is 0 Å². The summed E-state index contributed by atoms with van der Waals surface area (Å²) in [6.07, 6.45) is 2.21. The quantitative estimate of drug-likeness (QED) is 0.505. The van der Waals surface area contributed by atoms with Crippen molar-refractivity contribution in [2.75, 3.05) is 18.6 Å². The van der Waals surface area contributed by atoms with Gasteiger partial charge >= 0.3 is 0 Å². The van der Waals surface area contributed by atoms with E-state index in [9.17, 15) is 9.59 Å². The molecule has 3 aromatic carbocycles. The van der Waals surface area contributed by atoms with Crippen molar-refractivity contribution in [3.8, 4) is 5.75 Å². The lowest BCUT2D eigenvalue weighted by molar-refractivity contribution is -0.128. The SMILES string of the molecule is CCCNC(C)C(=O)NC1CCc2ccccc2N(Cc2c(OC)ccc3cc(C)ccc23)C1=O. The van der Waals surface area contributed by atoms with E-state index in [0.717, 1.165) is 46.3 Å². The van der Waals surface area contributed by atoms with Crippen molar-refractivity contribution >= 4 is 28.3 Å². The van der Waals surface area contributed by atoms with E-state index < -0.39 is 6.04 Å². The smallest absolute Gasteiger partial charge is 0.249 e. The van der Waals surface area contributed by atoms with Gasteiger partial charge < -0.3 is 20.3 Å². The van der Waals surface area contributed by atoms with Crippen molar-refractivity contribution in [3.05, 3.63) is 71.3 Å². The maximum atomic E-state index is 13.9. The Bertz CT molecular complexity index is 1220. The maximum Gasteiger partial charge on any atom is 0.249 e. The average molecular weight is 474 g/mol. The number of hydrogen-bond donors (Lipinski definition) is 2. The monoisotopic (exact) mass is 473 g/mol. The highest BCUT2D eigenvalue weighted by Crippen LogP contribution is 2.34. The van der Waals surface area contributed by atoms with Gasteiger partial charge in [0.15, 0.2) is 0 Å². The van der Waals surface area contributed by atoms with E-state index in [0.29, 0.717) is 19.4 Å². The maximum absolute atomic E-state index is 13.9. The highest BCUT2D eigenvalue weighted by molar-refractivity contribution is 6.01. The number of fused-ring (bicyclic) bond motifs is 2. The summed E-state index contributed by atoms with van der Waals surface area (Å²) in [5, 5.41) is 8.39. The van der Waals surface area contributed by atoms with E-state index in [-0.39, 0.29) is 17.9 Å². The van der Waals surface area contributed by atoms with E-state index in [1.165, 1.54) is 5.56 Å². The van der Waals surface area contributed by atoms with Gasteiger partial charge in [0, 0.05) is 11.3 Å². The van der Waals surface area contributed by atoms with E-state index in [1.807, 2.05) is 36.1 Å². The van der Waals surface area contributed by atoms with Crippen LogP contribution in [0, 0.1) is 6.92 Å². The summed E-state index contributed by atoms with van der Waals surface area (Å²) in [7, 11) is 1.66. The van der Waals surface area contributed by atoms with Gasteiger partial charge in [-0.05, 0) is 68.1 Å². The predicted octanol–water partition coefficient (Wildman–Crippen LogP) is 4.51. The number of ether oxygens (including phenoxy) is 1. The number of hydrogen-bond acceptors (Lipinski definition) is 4. The Morgan fingerprint density at radius 2 is 1.97 bits per heavy atom. The molecule has 0 bridgehead atoms. The minimum Gasteiger partial charge on any atom is -0.496 e. The second-order valence-corrected chi connectivity index (χ2v) is 9.30. The zero-order chi connectivity index (χ0) is 24.9. The van der Waals surface area contributed by atoms with Crippen LogP contribution < -0.4 is 20.3 Å². The van der Waals surface area contributed by atoms with Crippen LogP contribution in [-0.4, -0.2) is 37.6 Å². The molecule has 0 aliphatic carbocycles. The zero-order valence-electron chi connectivity index (χ0n) is 21.1.